The lowest BCUT2D eigenvalue weighted by molar-refractivity contribution is 0.608. The van der Waals surface area contributed by atoms with E-state index in [4.69, 9.17) is 0 Å². The molecule has 3 heteroatoms. The second kappa shape index (κ2) is 5.02. The SMILES string of the molecule is C=C(/C=C\C=C(/C)CC)S(C)(=O)=O. The van der Waals surface area contributed by atoms with Crippen molar-refractivity contribution in [3.8, 4) is 0 Å². The van der Waals surface area contributed by atoms with Crippen molar-refractivity contribution < 1.29 is 8.42 Å². The zero-order valence-corrected chi connectivity index (χ0v) is 9.19. The summed E-state index contributed by atoms with van der Waals surface area (Å²) < 4.78 is 21.8. The molecule has 0 radical (unpaired) electrons. The predicted octanol–water partition coefficient (Wildman–Crippen LogP) is 2.46. The van der Waals surface area contributed by atoms with Crippen LogP contribution in [0, 0.1) is 0 Å². The highest BCUT2D eigenvalue weighted by atomic mass is 32.2. The first-order valence-electron chi connectivity index (χ1n) is 4.10. The van der Waals surface area contributed by atoms with Gasteiger partial charge >= 0.3 is 0 Å². The normalized spacial score (nSPS) is 13.6. The molecule has 0 fully saturated rings. The standard InChI is InChI=1S/C10H16O2S/c1-5-9(2)7-6-8-10(3)13(4,11)12/h6-8H,3,5H2,1-2,4H3/b8-6-,9-7+. The summed E-state index contributed by atoms with van der Waals surface area (Å²) in [5.74, 6) is 0. The molecule has 0 aliphatic heterocycles. The maximum Gasteiger partial charge on any atom is 0.174 e. The number of hydrogen-bond donors (Lipinski definition) is 0. The zero-order chi connectivity index (χ0) is 10.5. The summed E-state index contributed by atoms with van der Waals surface area (Å²) in [5.41, 5.74) is 1.21. The van der Waals surface area contributed by atoms with Gasteiger partial charge in [0, 0.05) is 6.26 Å². The average molecular weight is 200 g/mol. The van der Waals surface area contributed by atoms with Crippen LogP contribution in [0.25, 0.3) is 0 Å². The Kier molecular flexibility index (Phi) is 4.70. The minimum Gasteiger partial charge on any atom is -0.224 e. The van der Waals surface area contributed by atoms with E-state index in [-0.39, 0.29) is 4.91 Å². The molecule has 0 atom stereocenters. The molecule has 0 bridgehead atoms. The van der Waals surface area contributed by atoms with Crippen LogP contribution in [0.1, 0.15) is 20.3 Å². The third kappa shape index (κ3) is 5.42. The predicted molar refractivity (Wildman–Crippen MR) is 57.2 cm³/mol. The van der Waals surface area contributed by atoms with Crippen molar-refractivity contribution in [2.75, 3.05) is 6.26 Å². The molecule has 0 aromatic heterocycles. The van der Waals surface area contributed by atoms with Gasteiger partial charge in [-0.15, -0.1) is 0 Å². The molecule has 0 aliphatic carbocycles. The van der Waals surface area contributed by atoms with Gasteiger partial charge in [-0.3, -0.25) is 0 Å². The molecule has 0 heterocycles. The second-order valence-corrected chi connectivity index (χ2v) is 5.03. The largest absolute Gasteiger partial charge is 0.224 e. The maximum atomic E-state index is 10.9. The molecule has 0 rings (SSSR count). The third-order valence-electron chi connectivity index (χ3n) is 1.70. The number of hydrogen-bond acceptors (Lipinski definition) is 2. The Morgan fingerprint density at radius 2 is 2.00 bits per heavy atom. The van der Waals surface area contributed by atoms with E-state index in [1.54, 1.807) is 6.08 Å². The molecule has 0 saturated heterocycles. The number of sulfone groups is 1. The molecule has 0 aliphatic rings. The van der Waals surface area contributed by atoms with Gasteiger partial charge in [-0.2, -0.15) is 0 Å². The lowest BCUT2D eigenvalue weighted by Crippen LogP contribution is -1.95. The summed E-state index contributed by atoms with van der Waals surface area (Å²) >= 11 is 0. The van der Waals surface area contributed by atoms with Gasteiger partial charge in [-0.25, -0.2) is 8.42 Å². The van der Waals surface area contributed by atoms with E-state index in [0.29, 0.717) is 0 Å². The highest BCUT2D eigenvalue weighted by molar-refractivity contribution is 7.94. The van der Waals surface area contributed by atoms with Crippen LogP contribution in [-0.4, -0.2) is 14.7 Å². The molecule has 0 aromatic rings. The molecule has 13 heavy (non-hydrogen) atoms. The van der Waals surface area contributed by atoms with Gasteiger partial charge in [-0.1, -0.05) is 31.2 Å². The van der Waals surface area contributed by atoms with E-state index in [1.807, 2.05) is 19.9 Å². The first-order chi connectivity index (χ1) is 5.88. The fourth-order valence-electron chi connectivity index (χ4n) is 0.561. The smallest absolute Gasteiger partial charge is 0.174 e. The van der Waals surface area contributed by atoms with Crippen molar-refractivity contribution >= 4 is 9.84 Å². The Balaban J connectivity index is 4.40. The van der Waals surface area contributed by atoms with Crippen molar-refractivity contribution in [2.45, 2.75) is 20.3 Å². The van der Waals surface area contributed by atoms with Gasteiger partial charge in [0.1, 0.15) is 0 Å². The van der Waals surface area contributed by atoms with Crippen LogP contribution in [0.4, 0.5) is 0 Å². The van der Waals surface area contributed by atoms with Crippen molar-refractivity contribution in [2.24, 2.45) is 0 Å². The van der Waals surface area contributed by atoms with Gasteiger partial charge in [-0.05, 0) is 19.4 Å². The summed E-state index contributed by atoms with van der Waals surface area (Å²) in [6, 6.07) is 0. The van der Waals surface area contributed by atoms with Crippen LogP contribution in [-0.2, 0) is 9.84 Å². The lowest BCUT2D eigenvalue weighted by Gasteiger charge is -1.93. The van der Waals surface area contributed by atoms with Crippen LogP contribution in [0.5, 0.6) is 0 Å². The van der Waals surface area contributed by atoms with Gasteiger partial charge < -0.3 is 0 Å². The Bertz CT molecular complexity index is 332. The van der Waals surface area contributed by atoms with Crippen LogP contribution in [0.15, 0.2) is 35.3 Å². The van der Waals surface area contributed by atoms with E-state index in [0.717, 1.165) is 12.7 Å². The first kappa shape index (κ1) is 12.2. The Labute approximate surface area is 80.6 Å². The molecule has 2 nitrogen and oxygen atoms in total. The minimum absolute atomic E-state index is 0.146. The third-order valence-corrected chi connectivity index (χ3v) is 2.79. The highest BCUT2D eigenvalue weighted by Crippen LogP contribution is 2.04. The Hall–Kier alpha value is -0.830. The van der Waals surface area contributed by atoms with Gasteiger partial charge in [0.25, 0.3) is 0 Å². The monoisotopic (exact) mass is 200 g/mol. The van der Waals surface area contributed by atoms with E-state index in [1.165, 1.54) is 11.6 Å². The zero-order valence-electron chi connectivity index (χ0n) is 8.37. The van der Waals surface area contributed by atoms with E-state index in [2.05, 4.69) is 6.58 Å². The summed E-state index contributed by atoms with van der Waals surface area (Å²) in [6.45, 7) is 7.48. The summed E-state index contributed by atoms with van der Waals surface area (Å²) in [4.78, 5) is 0.146. The highest BCUT2D eigenvalue weighted by Gasteiger charge is 2.02. The van der Waals surface area contributed by atoms with Crippen molar-refractivity contribution in [3.05, 3.63) is 35.3 Å². The fourth-order valence-corrected chi connectivity index (χ4v) is 0.887. The Morgan fingerprint density at radius 1 is 1.46 bits per heavy atom. The fraction of sp³-hybridized carbons (Fsp3) is 0.400. The topological polar surface area (TPSA) is 34.1 Å². The van der Waals surface area contributed by atoms with E-state index < -0.39 is 9.84 Å². The summed E-state index contributed by atoms with van der Waals surface area (Å²) in [5, 5.41) is 0. The molecule has 0 amide bonds. The summed E-state index contributed by atoms with van der Waals surface area (Å²) in [7, 11) is -3.12. The summed E-state index contributed by atoms with van der Waals surface area (Å²) in [6.07, 6.45) is 7.22. The van der Waals surface area contributed by atoms with Crippen LogP contribution in [0.3, 0.4) is 0 Å². The molecular formula is C10H16O2S. The quantitative estimate of drug-likeness (QED) is 0.653. The minimum atomic E-state index is -3.12. The van der Waals surface area contributed by atoms with Crippen LogP contribution in [0.2, 0.25) is 0 Å². The maximum absolute atomic E-state index is 10.9. The lowest BCUT2D eigenvalue weighted by atomic mass is 10.2. The van der Waals surface area contributed by atoms with Crippen molar-refractivity contribution in [1.29, 1.82) is 0 Å². The molecule has 0 unspecified atom stereocenters. The molecule has 0 spiro atoms. The molecule has 74 valence electrons. The van der Waals surface area contributed by atoms with E-state index in [9.17, 15) is 8.42 Å². The molecule has 0 N–H and O–H groups in total. The molecular weight excluding hydrogens is 184 g/mol. The molecule has 0 aromatic carbocycles. The van der Waals surface area contributed by atoms with Gasteiger partial charge in [0.2, 0.25) is 0 Å². The van der Waals surface area contributed by atoms with E-state index >= 15 is 0 Å². The molecule has 0 saturated carbocycles. The second-order valence-electron chi connectivity index (χ2n) is 2.96. The Morgan fingerprint density at radius 3 is 2.38 bits per heavy atom. The number of allylic oxidation sites excluding steroid dienone is 4. The van der Waals surface area contributed by atoms with Crippen molar-refractivity contribution in [3.63, 3.8) is 0 Å². The average Bonchev–Trinajstić information content (AvgIpc) is 2.02. The van der Waals surface area contributed by atoms with Gasteiger partial charge in [0.15, 0.2) is 9.84 Å². The first-order valence-corrected chi connectivity index (χ1v) is 6.00. The number of rotatable bonds is 4. The van der Waals surface area contributed by atoms with Crippen LogP contribution < -0.4 is 0 Å². The van der Waals surface area contributed by atoms with Crippen molar-refractivity contribution in [1.82, 2.24) is 0 Å². The van der Waals surface area contributed by atoms with Gasteiger partial charge in [0.05, 0.1) is 4.91 Å². The van der Waals surface area contributed by atoms with Crippen LogP contribution >= 0.6 is 0 Å².